The lowest BCUT2D eigenvalue weighted by Gasteiger charge is -2.40. The lowest BCUT2D eigenvalue weighted by atomic mass is 9.87. The number of ether oxygens (including phenoxy) is 2. The Bertz CT molecular complexity index is 416. The Balaban J connectivity index is 2.03. The van der Waals surface area contributed by atoms with E-state index in [9.17, 15) is 9.50 Å². The van der Waals surface area contributed by atoms with Crippen molar-refractivity contribution < 1.29 is 19.0 Å². The van der Waals surface area contributed by atoms with E-state index in [1.807, 2.05) is 6.92 Å². The summed E-state index contributed by atoms with van der Waals surface area (Å²) in [6.07, 6.45) is 0.894. The third kappa shape index (κ3) is 3.36. The average Bonchev–Trinajstić information content (AvgIpc) is 2.37. The van der Waals surface area contributed by atoms with Gasteiger partial charge in [0, 0.05) is 12.6 Å². The number of nitrogens with one attached hydrogen (secondary N) is 1. The molecule has 0 unspecified atom stereocenters. The minimum Gasteiger partial charge on any atom is -0.491 e. The van der Waals surface area contributed by atoms with Gasteiger partial charge in [0.2, 0.25) is 0 Å². The van der Waals surface area contributed by atoms with Crippen LogP contribution < -0.4 is 10.1 Å². The van der Waals surface area contributed by atoms with Crippen LogP contribution in [0.4, 0.5) is 10.1 Å². The standard InChI is InChI=1S/C14H20FNO3/c1-2-5-19-13-4-3-11(15)6-12(13)16-7-14(8-17)9-18-10-14/h3-4,6,16-17H,2,5,7-10H2,1H3. The fourth-order valence-corrected chi connectivity index (χ4v) is 1.90. The number of rotatable bonds is 7. The van der Waals surface area contributed by atoms with E-state index in [0.717, 1.165) is 6.42 Å². The third-order valence-electron chi connectivity index (χ3n) is 3.21. The van der Waals surface area contributed by atoms with Crippen LogP contribution >= 0.6 is 0 Å². The van der Waals surface area contributed by atoms with Gasteiger partial charge >= 0.3 is 0 Å². The van der Waals surface area contributed by atoms with E-state index in [0.29, 0.717) is 37.8 Å². The Morgan fingerprint density at radius 1 is 1.47 bits per heavy atom. The second kappa shape index (κ2) is 6.21. The van der Waals surface area contributed by atoms with Crippen molar-refractivity contribution in [2.45, 2.75) is 13.3 Å². The van der Waals surface area contributed by atoms with Crippen molar-refractivity contribution in [3.05, 3.63) is 24.0 Å². The summed E-state index contributed by atoms with van der Waals surface area (Å²) in [5.74, 6) is 0.325. The smallest absolute Gasteiger partial charge is 0.142 e. The molecule has 0 atom stereocenters. The minimum atomic E-state index is -0.311. The van der Waals surface area contributed by atoms with E-state index >= 15 is 0 Å². The van der Waals surface area contributed by atoms with Crippen LogP contribution in [0.3, 0.4) is 0 Å². The van der Waals surface area contributed by atoms with Crippen LogP contribution in [-0.2, 0) is 4.74 Å². The van der Waals surface area contributed by atoms with Crippen LogP contribution in [0.25, 0.3) is 0 Å². The van der Waals surface area contributed by atoms with E-state index < -0.39 is 0 Å². The first-order chi connectivity index (χ1) is 9.19. The third-order valence-corrected chi connectivity index (χ3v) is 3.21. The number of anilines is 1. The van der Waals surface area contributed by atoms with Crippen LogP contribution in [0.2, 0.25) is 0 Å². The highest BCUT2D eigenvalue weighted by atomic mass is 19.1. The molecule has 0 saturated carbocycles. The molecule has 1 aliphatic heterocycles. The maximum Gasteiger partial charge on any atom is 0.142 e. The number of aliphatic hydroxyl groups excluding tert-OH is 1. The van der Waals surface area contributed by atoms with Gasteiger partial charge in [-0.05, 0) is 18.6 Å². The molecular weight excluding hydrogens is 249 g/mol. The molecule has 2 rings (SSSR count). The number of benzene rings is 1. The molecule has 0 aromatic heterocycles. The molecule has 1 aliphatic rings. The van der Waals surface area contributed by atoms with Gasteiger partial charge in [-0.2, -0.15) is 0 Å². The van der Waals surface area contributed by atoms with Gasteiger partial charge in [0.1, 0.15) is 11.6 Å². The van der Waals surface area contributed by atoms with E-state index in [-0.39, 0.29) is 17.8 Å². The predicted molar refractivity (Wildman–Crippen MR) is 71.0 cm³/mol. The second-order valence-corrected chi connectivity index (χ2v) is 4.99. The lowest BCUT2D eigenvalue weighted by molar-refractivity contribution is -0.128. The van der Waals surface area contributed by atoms with E-state index in [2.05, 4.69) is 5.32 Å². The first kappa shape index (κ1) is 14.1. The summed E-state index contributed by atoms with van der Waals surface area (Å²) in [4.78, 5) is 0. The molecular formula is C14H20FNO3. The molecule has 19 heavy (non-hydrogen) atoms. The van der Waals surface area contributed by atoms with Gasteiger partial charge in [-0.25, -0.2) is 4.39 Å². The molecule has 2 N–H and O–H groups in total. The van der Waals surface area contributed by atoms with Crippen LogP contribution in [0.5, 0.6) is 5.75 Å². The van der Waals surface area contributed by atoms with Crippen LogP contribution in [0.15, 0.2) is 18.2 Å². The molecule has 0 bridgehead atoms. The summed E-state index contributed by atoms with van der Waals surface area (Å²) < 4.78 is 24.0. The van der Waals surface area contributed by atoms with Crippen molar-refractivity contribution in [1.29, 1.82) is 0 Å². The zero-order chi connectivity index (χ0) is 13.7. The molecule has 106 valence electrons. The Morgan fingerprint density at radius 3 is 2.84 bits per heavy atom. The SMILES string of the molecule is CCCOc1ccc(F)cc1NCC1(CO)COC1. The Labute approximate surface area is 112 Å². The fraction of sp³-hybridized carbons (Fsp3) is 0.571. The summed E-state index contributed by atoms with van der Waals surface area (Å²) >= 11 is 0. The van der Waals surface area contributed by atoms with Gasteiger partial charge in [0.25, 0.3) is 0 Å². The molecule has 4 nitrogen and oxygen atoms in total. The Kier molecular flexibility index (Phi) is 4.61. The highest BCUT2D eigenvalue weighted by Crippen LogP contribution is 2.30. The Hall–Kier alpha value is -1.33. The van der Waals surface area contributed by atoms with Crippen LogP contribution in [-0.4, -0.2) is 38.1 Å². The lowest BCUT2D eigenvalue weighted by Crippen LogP contribution is -2.50. The molecule has 1 saturated heterocycles. The second-order valence-electron chi connectivity index (χ2n) is 4.99. The highest BCUT2D eigenvalue weighted by Gasteiger charge is 2.38. The molecule has 5 heteroatoms. The minimum absolute atomic E-state index is 0.0560. The van der Waals surface area contributed by atoms with Gasteiger partial charge in [-0.15, -0.1) is 0 Å². The van der Waals surface area contributed by atoms with Crippen molar-refractivity contribution >= 4 is 5.69 Å². The summed E-state index contributed by atoms with van der Waals surface area (Å²) in [6, 6.07) is 4.41. The zero-order valence-corrected chi connectivity index (χ0v) is 11.1. The molecule has 0 amide bonds. The largest absolute Gasteiger partial charge is 0.491 e. The van der Waals surface area contributed by atoms with Crippen LogP contribution in [0, 0.1) is 11.2 Å². The monoisotopic (exact) mass is 269 g/mol. The molecule has 0 spiro atoms. The van der Waals surface area contributed by atoms with Gasteiger partial charge < -0.3 is 19.9 Å². The fourth-order valence-electron chi connectivity index (χ4n) is 1.90. The number of hydrogen-bond acceptors (Lipinski definition) is 4. The highest BCUT2D eigenvalue weighted by molar-refractivity contribution is 5.56. The van der Waals surface area contributed by atoms with Gasteiger partial charge in [0.05, 0.1) is 37.5 Å². The molecule has 0 radical (unpaired) electrons. The van der Waals surface area contributed by atoms with Crippen molar-refractivity contribution in [1.82, 2.24) is 0 Å². The number of halogens is 1. The molecule has 1 aromatic rings. The quantitative estimate of drug-likeness (QED) is 0.795. The number of aliphatic hydroxyl groups is 1. The molecule has 1 heterocycles. The van der Waals surface area contributed by atoms with Crippen molar-refractivity contribution in [3.63, 3.8) is 0 Å². The van der Waals surface area contributed by atoms with Crippen molar-refractivity contribution in [3.8, 4) is 5.75 Å². The van der Waals surface area contributed by atoms with Gasteiger partial charge in [-0.1, -0.05) is 6.92 Å². The summed E-state index contributed by atoms with van der Waals surface area (Å²) in [6.45, 7) is 4.25. The van der Waals surface area contributed by atoms with Crippen molar-refractivity contribution in [2.75, 3.05) is 38.3 Å². The average molecular weight is 269 g/mol. The summed E-state index contributed by atoms with van der Waals surface area (Å²) in [5.41, 5.74) is 0.363. The van der Waals surface area contributed by atoms with Crippen LogP contribution in [0.1, 0.15) is 13.3 Å². The Morgan fingerprint density at radius 2 is 2.26 bits per heavy atom. The summed E-state index contributed by atoms with van der Waals surface area (Å²) in [7, 11) is 0. The topological polar surface area (TPSA) is 50.7 Å². The zero-order valence-electron chi connectivity index (χ0n) is 11.1. The first-order valence-corrected chi connectivity index (χ1v) is 6.54. The maximum atomic E-state index is 13.3. The normalized spacial score (nSPS) is 16.8. The number of hydrogen-bond donors (Lipinski definition) is 2. The molecule has 1 fully saturated rings. The maximum absolute atomic E-state index is 13.3. The molecule has 0 aliphatic carbocycles. The summed E-state index contributed by atoms with van der Waals surface area (Å²) in [5, 5.41) is 12.5. The van der Waals surface area contributed by atoms with Crippen molar-refractivity contribution in [2.24, 2.45) is 5.41 Å². The predicted octanol–water partition coefficient (Wildman–Crippen LogP) is 2.04. The van der Waals surface area contributed by atoms with Gasteiger partial charge in [0.15, 0.2) is 0 Å². The molecule has 1 aromatic carbocycles. The van der Waals surface area contributed by atoms with E-state index in [1.165, 1.54) is 12.1 Å². The van der Waals surface area contributed by atoms with Gasteiger partial charge in [-0.3, -0.25) is 0 Å². The van der Waals surface area contributed by atoms with E-state index in [1.54, 1.807) is 6.07 Å². The first-order valence-electron chi connectivity index (χ1n) is 6.54. The van der Waals surface area contributed by atoms with E-state index in [4.69, 9.17) is 9.47 Å².